The third-order valence-electron chi connectivity index (χ3n) is 2.50. The van der Waals surface area contributed by atoms with Crippen LogP contribution >= 0.6 is 23.2 Å². The molecule has 0 aliphatic carbocycles. The quantitative estimate of drug-likeness (QED) is 0.907. The van der Waals surface area contributed by atoms with E-state index in [1.54, 1.807) is 30.3 Å². The van der Waals surface area contributed by atoms with E-state index >= 15 is 0 Å². The smallest absolute Gasteiger partial charge is 0.251 e. The molecule has 0 aromatic heterocycles. The molecular formula is C14H11Cl2NO. The zero-order valence-corrected chi connectivity index (χ0v) is 11.0. The lowest BCUT2D eigenvalue weighted by atomic mass is 10.2. The Morgan fingerprint density at radius 1 is 1.00 bits per heavy atom. The molecule has 92 valence electrons. The normalized spacial score (nSPS) is 10.1. The number of rotatable bonds is 3. The van der Waals surface area contributed by atoms with Gasteiger partial charge in [-0.15, -0.1) is 0 Å². The molecule has 0 aliphatic rings. The van der Waals surface area contributed by atoms with Gasteiger partial charge in [-0.3, -0.25) is 4.79 Å². The van der Waals surface area contributed by atoms with Crippen LogP contribution in [0.5, 0.6) is 0 Å². The number of carbonyl (C=O) groups excluding carboxylic acids is 1. The second kappa shape index (κ2) is 5.89. The second-order valence-electron chi connectivity index (χ2n) is 3.78. The van der Waals surface area contributed by atoms with E-state index in [0.717, 1.165) is 5.56 Å². The van der Waals surface area contributed by atoms with Crippen LogP contribution in [0.2, 0.25) is 10.0 Å². The molecule has 2 nitrogen and oxygen atoms in total. The summed E-state index contributed by atoms with van der Waals surface area (Å²) in [6, 6.07) is 14.2. The van der Waals surface area contributed by atoms with Gasteiger partial charge in [0, 0.05) is 22.2 Å². The topological polar surface area (TPSA) is 29.1 Å². The fourth-order valence-electron chi connectivity index (χ4n) is 1.52. The van der Waals surface area contributed by atoms with Gasteiger partial charge in [-0.2, -0.15) is 0 Å². The first-order chi connectivity index (χ1) is 8.66. The molecule has 4 heteroatoms. The van der Waals surface area contributed by atoms with Crippen molar-refractivity contribution >= 4 is 29.1 Å². The first-order valence-corrected chi connectivity index (χ1v) is 6.19. The molecule has 18 heavy (non-hydrogen) atoms. The van der Waals surface area contributed by atoms with Crippen LogP contribution in [0.3, 0.4) is 0 Å². The molecule has 0 atom stereocenters. The zero-order chi connectivity index (χ0) is 13.0. The van der Waals surface area contributed by atoms with Gasteiger partial charge in [0.1, 0.15) is 0 Å². The molecule has 0 saturated carbocycles. The lowest BCUT2D eigenvalue weighted by molar-refractivity contribution is 0.0951. The van der Waals surface area contributed by atoms with E-state index in [2.05, 4.69) is 5.32 Å². The van der Waals surface area contributed by atoms with Crippen molar-refractivity contribution in [3.05, 3.63) is 69.7 Å². The van der Waals surface area contributed by atoms with Crippen molar-refractivity contribution < 1.29 is 4.79 Å². The molecule has 2 aromatic carbocycles. The van der Waals surface area contributed by atoms with Gasteiger partial charge < -0.3 is 5.32 Å². The minimum atomic E-state index is -0.147. The standard InChI is InChI=1S/C14H11Cl2NO/c15-12-7-5-10(6-8-12)14(18)17-9-11-3-1-2-4-13(11)16/h1-8H,9H2,(H,17,18). The third-order valence-corrected chi connectivity index (χ3v) is 3.12. The van der Waals surface area contributed by atoms with E-state index in [0.29, 0.717) is 22.2 Å². The molecule has 0 bridgehead atoms. The minimum absolute atomic E-state index is 0.147. The first-order valence-electron chi connectivity index (χ1n) is 5.44. The predicted octanol–water partition coefficient (Wildman–Crippen LogP) is 3.92. The molecule has 0 spiro atoms. The summed E-state index contributed by atoms with van der Waals surface area (Å²) in [5, 5.41) is 4.07. The highest BCUT2D eigenvalue weighted by Gasteiger charge is 2.06. The van der Waals surface area contributed by atoms with Crippen LogP contribution in [0.15, 0.2) is 48.5 Å². The van der Waals surface area contributed by atoms with E-state index in [9.17, 15) is 4.79 Å². The summed E-state index contributed by atoms with van der Waals surface area (Å²) < 4.78 is 0. The van der Waals surface area contributed by atoms with Crippen LogP contribution in [0, 0.1) is 0 Å². The summed E-state index contributed by atoms with van der Waals surface area (Å²) in [7, 11) is 0. The van der Waals surface area contributed by atoms with Crippen molar-refractivity contribution in [2.24, 2.45) is 0 Å². The molecule has 1 amide bonds. The number of amides is 1. The Kier molecular flexibility index (Phi) is 4.24. The molecule has 0 radical (unpaired) electrons. The Morgan fingerprint density at radius 3 is 2.33 bits per heavy atom. The van der Waals surface area contributed by atoms with Gasteiger partial charge >= 0.3 is 0 Å². The molecule has 0 unspecified atom stereocenters. The van der Waals surface area contributed by atoms with Crippen molar-refractivity contribution in [1.29, 1.82) is 0 Å². The van der Waals surface area contributed by atoms with Crippen molar-refractivity contribution in [3.63, 3.8) is 0 Å². The van der Waals surface area contributed by atoms with Gasteiger partial charge in [-0.25, -0.2) is 0 Å². The predicted molar refractivity (Wildman–Crippen MR) is 74.1 cm³/mol. The van der Waals surface area contributed by atoms with Crippen LogP contribution in [-0.2, 0) is 6.54 Å². The highest BCUT2D eigenvalue weighted by atomic mass is 35.5. The van der Waals surface area contributed by atoms with Crippen molar-refractivity contribution in [1.82, 2.24) is 5.32 Å². The molecular weight excluding hydrogens is 269 g/mol. The van der Waals surface area contributed by atoms with E-state index in [-0.39, 0.29) is 5.91 Å². The summed E-state index contributed by atoms with van der Waals surface area (Å²) in [4.78, 5) is 11.8. The summed E-state index contributed by atoms with van der Waals surface area (Å²) in [5.74, 6) is -0.147. The SMILES string of the molecule is O=C(NCc1ccccc1Cl)c1ccc(Cl)cc1. The lowest BCUT2D eigenvalue weighted by Crippen LogP contribution is -2.22. The van der Waals surface area contributed by atoms with Gasteiger partial charge in [0.05, 0.1) is 0 Å². The van der Waals surface area contributed by atoms with Crippen LogP contribution in [0.1, 0.15) is 15.9 Å². The second-order valence-corrected chi connectivity index (χ2v) is 4.62. The number of nitrogens with one attached hydrogen (secondary N) is 1. The van der Waals surface area contributed by atoms with Gasteiger partial charge in [0.15, 0.2) is 0 Å². The molecule has 0 heterocycles. The highest BCUT2D eigenvalue weighted by Crippen LogP contribution is 2.15. The number of benzene rings is 2. The molecule has 0 saturated heterocycles. The molecule has 0 fully saturated rings. The van der Waals surface area contributed by atoms with Gasteiger partial charge in [-0.05, 0) is 35.9 Å². The average Bonchev–Trinajstić information content (AvgIpc) is 2.38. The fourth-order valence-corrected chi connectivity index (χ4v) is 1.85. The number of hydrogen-bond donors (Lipinski definition) is 1. The summed E-state index contributed by atoms with van der Waals surface area (Å²) >= 11 is 11.8. The lowest BCUT2D eigenvalue weighted by Gasteiger charge is -2.06. The summed E-state index contributed by atoms with van der Waals surface area (Å²) in [5.41, 5.74) is 1.47. The maximum absolute atomic E-state index is 11.8. The number of carbonyl (C=O) groups is 1. The Labute approximate surface area is 116 Å². The van der Waals surface area contributed by atoms with Gasteiger partial charge in [0.25, 0.3) is 5.91 Å². The summed E-state index contributed by atoms with van der Waals surface area (Å²) in [6.45, 7) is 0.404. The van der Waals surface area contributed by atoms with Crippen molar-refractivity contribution in [2.75, 3.05) is 0 Å². The van der Waals surface area contributed by atoms with E-state index in [1.165, 1.54) is 0 Å². The Bertz CT molecular complexity index is 552. The van der Waals surface area contributed by atoms with Gasteiger partial charge in [-0.1, -0.05) is 41.4 Å². The average molecular weight is 280 g/mol. The molecule has 2 aromatic rings. The molecule has 0 aliphatic heterocycles. The van der Waals surface area contributed by atoms with Crippen LogP contribution in [-0.4, -0.2) is 5.91 Å². The number of halogens is 2. The highest BCUT2D eigenvalue weighted by molar-refractivity contribution is 6.31. The van der Waals surface area contributed by atoms with E-state index in [4.69, 9.17) is 23.2 Å². The monoisotopic (exact) mass is 279 g/mol. The number of hydrogen-bond acceptors (Lipinski definition) is 1. The zero-order valence-electron chi connectivity index (χ0n) is 9.49. The Hall–Kier alpha value is -1.51. The third kappa shape index (κ3) is 3.25. The Morgan fingerprint density at radius 2 is 1.67 bits per heavy atom. The van der Waals surface area contributed by atoms with Crippen LogP contribution in [0.4, 0.5) is 0 Å². The van der Waals surface area contributed by atoms with Crippen molar-refractivity contribution in [3.8, 4) is 0 Å². The van der Waals surface area contributed by atoms with Crippen molar-refractivity contribution in [2.45, 2.75) is 6.54 Å². The van der Waals surface area contributed by atoms with Crippen LogP contribution < -0.4 is 5.32 Å². The van der Waals surface area contributed by atoms with Crippen LogP contribution in [0.25, 0.3) is 0 Å². The molecule has 1 N–H and O–H groups in total. The van der Waals surface area contributed by atoms with E-state index < -0.39 is 0 Å². The first kappa shape index (κ1) is 12.9. The Balaban J connectivity index is 2.01. The maximum atomic E-state index is 11.8. The maximum Gasteiger partial charge on any atom is 0.251 e. The largest absolute Gasteiger partial charge is 0.348 e. The van der Waals surface area contributed by atoms with Gasteiger partial charge in [0.2, 0.25) is 0 Å². The van der Waals surface area contributed by atoms with E-state index in [1.807, 2.05) is 18.2 Å². The minimum Gasteiger partial charge on any atom is -0.348 e. The molecule has 2 rings (SSSR count). The fraction of sp³-hybridized carbons (Fsp3) is 0.0714. The summed E-state index contributed by atoms with van der Waals surface area (Å²) in [6.07, 6.45) is 0.